The maximum absolute atomic E-state index is 13.1. The molecule has 0 aliphatic carbocycles. The lowest BCUT2D eigenvalue weighted by atomic mass is 10.0. The maximum atomic E-state index is 13.1. The van der Waals surface area contributed by atoms with E-state index in [1.54, 1.807) is 13.2 Å². The molecule has 2 atom stereocenters. The van der Waals surface area contributed by atoms with Gasteiger partial charge in [0.05, 0.1) is 13.2 Å². The number of hydrogen-bond donors (Lipinski definition) is 0. The second-order valence-electron chi connectivity index (χ2n) is 6.53. The molecule has 2 aromatic rings. The second kappa shape index (κ2) is 6.60. The topological polar surface area (TPSA) is 38.8 Å². The highest BCUT2D eigenvalue weighted by atomic mass is 35.5. The number of carbonyl (C=O) groups is 1. The summed E-state index contributed by atoms with van der Waals surface area (Å²) in [5, 5.41) is 0.672. The van der Waals surface area contributed by atoms with Crippen molar-refractivity contribution >= 4 is 17.5 Å². The molecular weight excluding hydrogens is 338 g/mol. The van der Waals surface area contributed by atoms with Gasteiger partial charge in [0, 0.05) is 18.0 Å². The highest BCUT2D eigenvalue weighted by Crippen LogP contribution is 2.37. The molecule has 130 valence electrons. The zero-order chi connectivity index (χ0) is 17.4. The third-order valence-corrected chi connectivity index (χ3v) is 5.22. The minimum absolute atomic E-state index is 0.0534. The van der Waals surface area contributed by atoms with Gasteiger partial charge in [-0.05, 0) is 54.3 Å². The van der Waals surface area contributed by atoms with Crippen LogP contribution in [0, 0.1) is 0 Å². The quantitative estimate of drug-likeness (QED) is 0.833. The van der Waals surface area contributed by atoms with Crippen LogP contribution < -0.4 is 9.47 Å². The van der Waals surface area contributed by atoms with Gasteiger partial charge in [0.1, 0.15) is 11.5 Å². The standard InChI is InChI=1S/C20H20ClNO3/c1-24-16-5-2-4-13(11-16)17-6-3-9-22(17)20(23)19-12-14-10-15(21)7-8-18(14)25-19/h2,4-5,7-8,10-11,17,19H,3,6,9,12H2,1H3/t17-,19+/m0/s1. The predicted octanol–water partition coefficient (Wildman–Crippen LogP) is 4.02. The van der Waals surface area contributed by atoms with Gasteiger partial charge in [-0.2, -0.15) is 0 Å². The first kappa shape index (κ1) is 16.3. The van der Waals surface area contributed by atoms with Gasteiger partial charge < -0.3 is 14.4 Å². The van der Waals surface area contributed by atoms with Gasteiger partial charge in [0.15, 0.2) is 6.10 Å². The molecular formula is C20H20ClNO3. The smallest absolute Gasteiger partial charge is 0.264 e. The number of likely N-dealkylation sites (tertiary alicyclic amines) is 1. The summed E-state index contributed by atoms with van der Waals surface area (Å²) in [6, 6.07) is 13.6. The van der Waals surface area contributed by atoms with Crippen LogP contribution in [0.4, 0.5) is 0 Å². The fourth-order valence-electron chi connectivity index (χ4n) is 3.77. The number of ether oxygens (including phenoxy) is 2. The van der Waals surface area contributed by atoms with Crippen LogP contribution in [0.5, 0.6) is 11.5 Å². The van der Waals surface area contributed by atoms with Crippen LogP contribution in [0.3, 0.4) is 0 Å². The molecule has 2 heterocycles. The van der Waals surface area contributed by atoms with Crippen molar-refractivity contribution in [1.82, 2.24) is 4.90 Å². The van der Waals surface area contributed by atoms with Crippen molar-refractivity contribution < 1.29 is 14.3 Å². The van der Waals surface area contributed by atoms with Crippen molar-refractivity contribution in [1.29, 1.82) is 0 Å². The van der Waals surface area contributed by atoms with Gasteiger partial charge in [-0.3, -0.25) is 4.79 Å². The lowest BCUT2D eigenvalue weighted by Gasteiger charge is -2.27. The van der Waals surface area contributed by atoms with Crippen LogP contribution >= 0.6 is 11.6 Å². The van der Waals surface area contributed by atoms with Crippen molar-refractivity contribution in [2.75, 3.05) is 13.7 Å². The van der Waals surface area contributed by atoms with Gasteiger partial charge in [0.25, 0.3) is 5.91 Å². The molecule has 0 saturated carbocycles. The van der Waals surface area contributed by atoms with Gasteiger partial charge in [-0.15, -0.1) is 0 Å². The highest BCUT2D eigenvalue weighted by molar-refractivity contribution is 6.30. The number of carbonyl (C=O) groups excluding carboxylic acids is 1. The molecule has 0 spiro atoms. The molecule has 25 heavy (non-hydrogen) atoms. The van der Waals surface area contributed by atoms with Crippen LogP contribution in [0.15, 0.2) is 42.5 Å². The number of rotatable bonds is 3. The van der Waals surface area contributed by atoms with Crippen LogP contribution in [0.1, 0.15) is 30.0 Å². The zero-order valence-electron chi connectivity index (χ0n) is 14.1. The lowest BCUT2D eigenvalue weighted by Crippen LogP contribution is -2.40. The molecule has 0 unspecified atom stereocenters. The summed E-state index contributed by atoms with van der Waals surface area (Å²) >= 11 is 6.05. The van der Waals surface area contributed by atoms with E-state index in [-0.39, 0.29) is 11.9 Å². The van der Waals surface area contributed by atoms with Gasteiger partial charge >= 0.3 is 0 Å². The molecule has 2 aromatic carbocycles. The molecule has 4 rings (SSSR count). The molecule has 0 radical (unpaired) electrons. The van der Waals surface area contributed by atoms with Crippen molar-refractivity contribution in [3.63, 3.8) is 0 Å². The van der Waals surface area contributed by atoms with E-state index in [1.165, 1.54) is 0 Å². The number of amides is 1. The summed E-state index contributed by atoms with van der Waals surface area (Å²) in [6.45, 7) is 0.762. The third kappa shape index (κ3) is 3.07. The monoisotopic (exact) mass is 357 g/mol. The Bertz CT molecular complexity index is 807. The Labute approximate surface area is 152 Å². The van der Waals surface area contributed by atoms with E-state index >= 15 is 0 Å². The maximum Gasteiger partial charge on any atom is 0.264 e. The molecule has 0 N–H and O–H groups in total. The first-order valence-corrected chi connectivity index (χ1v) is 8.93. The summed E-state index contributed by atoms with van der Waals surface area (Å²) in [4.78, 5) is 15.0. The fourth-order valence-corrected chi connectivity index (χ4v) is 3.96. The number of hydrogen-bond acceptors (Lipinski definition) is 3. The lowest BCUT2D eigenvalue weighted by molar-refractivity contribution is -0.138. The number of benzene rings is 2. The van der Waals surface area contributed by atoms with Gasteiger partial charge in [-0.1, -0.05) is 23.7 Å². The Morgan fingerprint density at radius 1 is 1.28 bits per heavy atom. The predicted molar refractivity (Wildman–Crippen MR) is 96.3 cm³/mol. The van der Waals surface area contributed by atoms with Gasteiger partial charge in [0.2, 0.25) is 0 Å². The average molecular weight is 358 g/mol. The molecule has 1 fully saturated rings. The Morgan fingerprint density at radius 2 is 2.16 bits per heavy atom. The highest BCUT2D eigenvalue weighted by Gasteiger charge is 2.38. The first-order valence-electron chi connectivity index (χ1n) is 8.55. The summed E-state index contributed by atoms with van der Waals surface area (Å²) in [5.41, 5.74) is 2.12. The minimum Gasteiger partial charge on any atom is -0.497 e. The Kier molecular flexibility index (Phi) is 4.30. The van der Waals surface area contributed by atoms with E-state index in [9.17, 15) is 4.79 Å². The molecule has 2 aliphatic rings. The first-order chi connectivity index (χ1) is 12.2. The van der Waals surface area contributed by atoms with Crippen molar-refractivity contribution in [2.24, 2.45) is 0 Å². The zero-order valence-corrected chi connectivity index (χ0v) is 14.8. The van der Waals surface area contributed by atoms with E-state index in [2.05, 4.69) is 6.07 Å². The molecule has 0 bridgehead atoms. The van der Waals surface area contributed by atoms with E-state index < -0.39 is 6.10 Å². The van der Waals surface area contributed by atoms with E-state index in [0.717, 1.165) is 42.0 Å². The molecule has 2 aliphatic heterocycles. The molecule has 5 heteroatoms. The largest absolute Gasteiger partial charge is 0.497 e. The van der Waals surface area contributed by atoms with Crippen molar-refractivity contribution in [3.8, 4) is 11.5 Å². The number of methoxy groups -OCH3 is 1. The Hall–Kier alpha value is -2.20. The Morgan fingerprint density at radius 3 is 3.00 bits per heavy atom. The number of halogens is 1. The van der Waals surface area contributed by atoms with Crippen LogP contribution in [0.2, 0.25) is 5.02 Å². The second-order valence-corrected chi connectivity index (χ2v) is 6.97. The van der Waals surface area contributed by atoms with Gasteiger partial charge in [-0.25, -0.2) is 0 Å². The average Bonchev–Trinajstić information content (AvgIpc) is 3.27. The normalized spacial score (nSPS) is 21.8. The van der Waals surface area contributed by atoms with E-state index in [1.807, 2.05) is 35.2 Å². The summed E-state index contributed by atoms with van der Waals surface area (Å²) in [7, 11) is 1.66. The van der Waals surface area contributed by atoms with Crippen LogP contribution in [-0.4, -0.2) is 30.6 Å². The minimum atomic E-state index is -0.459. The third-order valence-electron chi connectivity index (χ3n) is 4.99. The van der Waals surface area contributed by atoms with Crippen LogP contribution in [0.25, 0.3) is 0 Å². The van der Waals surface area contributed by atoms with Crippen molar-refractivity contribution in [3.05, 3.63) is 58.6 Å². The van der Waals surface area contributed by atoms with E-state index in [0.29, 0.717) is 11.4 Å². The Balaban J connectivity index is 1.53. The molecule has 1 amide bonds. The number of fused-ring (bicyclic) bond motifs is 1. The molecule has 4 nitrogen and oxygen atoms in total. The van der Waals surface area contributed by atoms with E-state index in [4.69, 9.17) is 21.1 Å². The summed E-state index contributed by atoms with van der Waals surface area (Å²) in [6.07, 6.45) is 2.08. The number of nitrogens with zero attached hydrogens (tertiary/aromatic N) is 1. The molecule has 0 aromatic heterocycles. The summed E-state index contributed by atoms with van der Waals surface area (Å²) < 4.78 is 11.2. The fraction of sp³-hybridized carbons (Fsp3) is 0.350. The molecule has 1 saturated heterocycles. The SMILES string of the molecule is COc1cccc([C@@H]2CCCN2C(=O)[C@H]2Cc3cc(Cl)ccc3O2)c1. The summed E-state index contributed by atoms with van der Waals surface area (Å²) in [5.74, 6) is 1.63. The van der Waals surface area contributed by atoms with Crippen molar-refractivity contribution in [2.45, 2.75) is 31.4 Å². The van der Waals surface area contributed by atoms with Crippen LogP contribution in [-0.2, 0) is 11.2 Å².